The summed E-state index contributed by atoms with van der Waals surface area (Å²) >= 11 is 0. The van der Waals surface area contributed by atoms with Gasteiger partial charge in [-0.25, -0.2) is 0 Å². The third-order valence-corrected chi connectivity index (χ3v) is 3.76. The Kier molecular flexibility index (Phi) is 4.62. The molecule has 1 amide bonds. The number of ether oxygens (including phenoxy) is 1. The summed E-state index contributed by atoms with van der Waals surface area (Å²) in [4.78, 5) is 12.3. The monoisotopic (exact) mass is 308 g/mol. The van der Waals surface area contributed by atoms with Crippen molar-refractivity contribution in [3.8, 4) is 5.75 Å². The van der Waals surface area contributed by atoms with Crippen molar-refractivity contribution in [1.82, 2.24) is 9.88 Å². The van der Waals surface area contributed by atoms with Crippen LogP contribution in [-0.4, -0.2) is 23.6 Å². The third-order valence-electron chi connectivity index (χ3n) is 3.76. The number of carbonyl (C=O) groups excluding carboxylic acids is 1. The van der Waals surface area contributed by atoms with Gasteiger partial charge in [-0.2, -0.15) is 0 Å². The molecule has 1 N–H and O–H groups in total. The first-order valence-corrected chi connectivity index (χ1v) is 7.76. The molecule has 0 fully saturated rings. The van der Waals surface area contributed by atoms with Gasteiger partial charge in [-0.15, -0.1) is 0 Å². The Hall–Kier alpha value is -2.75. The zero-order valence-electron chi connectivity index (χ0n) is 13.2. The summed E-state index contributed by atoms with van der Waals surface area (Å²) in [5.41, 5.74) is 1.78. The summed E-state index contributed by atoms with van der Waals surface area (Å²) in [7, 11) is 1.95. The zero-order chi connectivity index (χ0) is 16.1. The zero-order valence-corrected chi connectivity index (χ0v) is 13.2. The number of benzene rings is 2. The van der Waals surface area contributed by atoms with Crippen LogP contribution in [0.3, 0.4) is 0 Å². The molecule has 0 atom stereocenters. The van der Waals surface area contributed by atoms with E-state index < -0.39 is 0 Å². The first-order chi connectivity index (χ1) is 11.3. The van der Waals surface area contributed by atoms with Crippen LogP contribution in [-0.2, 0) is 7.05 Å². The van der Waals surface area contributed by atoms with Crippen LogP contribution in [0.15, 0.2) is 60.8 Å². The molecule has 3 aromatic rings. The van der Waals surface area contributed by atoms with Crippen LogP contribution in [0.1, 0.15) is 16.8 Å². The van der Waals surface area contributed by atoms with Crippen LogP contribution in [0.4, 0.5) is 0 Å². The van der Waals surface area contributed by atoms with Crippen molar-refractivity contribution in [2.45, 2.75) is 6.42 Å². The van der Waals surface area contributed by atoms with E-state index in [1.165, 1.54) is 0 Å². The number of rotatable bonds is 6. The lowest BCUT2D eigenvalue weighted by molar-refractivity contribution is 0.0953. The minimum Gasteiger partial charge on any atom is -0.494 e. The van der Waals surface area contributed by atoms with Crippen molar-refractivity contribution in [2.24, 2.45) is 7.05 Å². The molecule has 0 spiro atoms. The van der Waals surface area contributed by atoms with Crippen molar-refractivity contribution in [2.75, 3.05) is 13.2 Å². The number of carbonyl (C=O) groups is 1. The molecule has 0 unspecified atom stereocenters. The second-order valence-corrected chi connectivity index (χ2v) is 5.44. The van der Waals surface area contributed by atoms with E-state index in [4.69, 9.17) is 4.74 Å². The van der Waals surface area contributed by atoms with E-state index in [1.54, 1.807) is 0 Å². The summed E-state index contributed by atoms with van der Waals surface area (Å²) in [6, 6.07) is 17.6. The summed E-state index contributed by atoms with van der Waals surface area (Å²) in [5.74, 6) is 0.814. The summed E-state index contributed by atoms with van der Waals surface area (Å²) < 4.78 is 7.59. The molecule has 0 aliphatic rings. The third kappa shape index (κ3) is 3.54. The summed E-state index contributed by atoms with van der Waals surface area (Å²) in [6.45, 7) is 1.18. The number of hydrogen-bond acceptors (Lipinski definition) is 2. The van der Waals surface area contributed by atoms with Crippen LogP contribution in [0.2, 0.25) is 0 Å². The molecule has 1 aromatic heterocycles. The maximum absolute atomic E-state index is 12.3. The van der Waals surface area contributed by atoms with E-state index in [1.807, 2.05) is 72.4 Å². The number of para-hydroxylation sites is 2. The fourth-order valence-electron chi connectivity index (χ4n) is 2.60. The lowest BCUT2D eigenvalue weighted by atomic mass is 10.1. The Balaban J connectivity index is 1.51. The average molecular weight is 308 g/mol. The number of nitrogens with one attached hydrogen (secondary N) is 1. The van der Waals surface area contributed by atoms with Gasteiger partial charge >= 0.3 is 0 Å². The summed E-state index contributed by atoms with van der Waals surface area (Å²) in [6.07, 6.45) is 2.64. The highest BCUT2D eigenvalue weighted by atomic mass is 16.5. The van der Waals surface area contributed by atoms with E-state index in [9.17, 15) is 4.79 Å². The van der Waals surface area contributed by atoms with Gasteiger partial charge in [-0.05, 0) is 24.6 Å². The Morgan fingerprint density at radius 1 is 1.09 bits per heavy atom. The van der Waals surface area contributed by atoms with Gasteiger partial charge in [0.25, 0.3) is 5.91 Å². The fourth-order valence-corrected chi connectivity index (χ4v) is 2.60. The van der Waals surface area contributed by atoms with Gasteiger partial charge in [0.1, 0.15) is 5.75 Å². The summed E-state index contributed by atoms with van der Waals surface area (Å²) in [5, 5.41) is 3.94. The van der Waals surface area contributed by atoms with E-state index in [0.29, 0.717) is 18.7 Å². The molecule has 0 radical (unpaired) electrons. The quantitative estimate of drug-likeness (QED) is 0.709. The van der Waals surface area contributed by atoms with Gasteiger partial charge < -0.3 is 14.6 Å². The van der Waals surface area contributed by atoms with E-state index >= 15 is 0 Å². The lowest BCUT2D eigenvalue weighted by Crippen LogP contribution is -2.25. The second-order valence-electron chi connectivity index (χ2n) is 5.44. The highest BCUT2D eigenvalue weighted by Gasteiger charge is 2.12. The molecular weight excluding hydrogens is 288 g/mol. The van der Waals surface area contributed by atoms with Gasteiger partial charge in [0.05, 0.1) is 12.2 Å². The highest BCUT2D eigenvalue weighted by Crippen LogP contribution is 2.20. The Bertz CT molecular complexity index is 793. The van der Waals surface area contributed by atoms with Crippen LogP contribution in [0.25, 0.3) is 10.9 Å². The van der Waals surface area contributed by atoms with Crippen LogP contribution >= 0.6 is 0 Å². The van der Waals surface area contributed by atoms with Gasteiger partial charge in [-0.1, -0.05) is 36.4 Å². The van der Waals surface area contributed by atoms with Crippen LogP contribution in [0, 0.1) is 0 Å². The fraction of sp³-hybridized carbons (Fsp3) is 0.211. The smallest absolute Gasteiger partial charge is 0.253 e. The number of aryl methyl sites for hydroxylation is 1. The topological polar surface area (TPSA) is 43.3 Å². The van der Waals surface area contributed by atoms with E-state index in [0.717, 1.165) is 23.1 Å². The van der Waals surface area contributed by atoms with Crippen molar-refractivity contribution in [3.63, 3.8) is 0 Å². The molecule has 3 rings (SSSR count). The predicted molar refractivity (Wildman–Crippen MR) is 91.8 cm³/mol. The maximum atomic E-state index is 12.3. The maximum Gasteiger partial charge on any atom is 0.253 e. The van der Waals surface area contributed by atoms with Crippen molar-refractivity contribution >= 4 is 16.8 Å². The molecule has 0 saturated heterocycles. The molecule has 0 bridgehead atoms. The molecule has 2 aromatic carbocycles. The van der Waals surface area contributed by atoms with Gasteiger partial charge in [-0.3, -0.25) is 4.79 Å². The van der Waals surface area contributed by atoms with Gasteiger partial charge in [0, 0.05) is 30.7 Å². The molecule has 0 aliphatic carbocycles. The highest BCUT2D eigenvalue weighted by molar-refractivity contribution is 6.06. The SMILES string of the molecule is Cn1cc(C(=O)NCCCOc2ccccc2)c2ccccc21. The van der Waals surface area contributed by atoms with E-state index in [-0.39, 0.29) is 5.91 Å². The number of hydrogen-bond donors (Lipinski definition) is 1. The average Bonchev–Trinajstić information content (AvgIpc) is 2.93. The van der Waals surface area contributed by atoms with E-state index in [2.05, 4.69) is 5.32 Å². The van der Waals surface area contributed by atoms with Crippen LogP contribution in [0.5, 0.6) is 5.75 Å². The standard InChI is InChI=1S/C19H20N2O2/c1-21-14-17(16-10-5-6-11-18(16)21)19(22)20-12-7-13-23-15-8-3-2-4-9-15/h2-6,8-11,14H,7,12-13H2,1H3,(H,20,22). The van der Waals surface area contributed by atoms with Crippen molar-refractivity contribution < 1.29 is 9.53 Å². The minimum absolute atomic E-state index is 0.0403. The Morgan fingerprint density at radius 2 is 1.83 bits per heavy atom. The van der Waals surface area contributed by atoms with Crippen molar-refractivity contribution in [3.05, 3.63) is 66.4 Å². The Morgan fingerprint density at radius 3 is 2.65 bits per heavy atom. The predicted octanol–water partition coefficient (Wildman–Crippen LogP) is 3.38. The largest absolute Gasteiger partial charge is 0.494 e. The molecular formula is C19H20N2O2. The number of amides is 1. The molecule has 1 heterocycles. The number of aromatic nitrogens is 1. The minimum atomic E-state index is -0.0403. The van der Waals surface area contributed by atoms with Gasteiger partial charge in [0.2, 0.25) is 0 Å². The second kappa shape index (κ2) is 7.01. The number of nitrogens with zero attached hydrogens (tertiary/aromatic N) is 1. The molecule has 0 saturated carbocycles. The van der Waals surface area contributed by atoms with Crippen LogP contribution < -0.4 is 10.1 Å². The number of fused-ring (bicyclic) bond motifs is 1. The first-order valence-electron chi connectivity index (χ1n) is 7.76. The molecule has 4 heteroatoms. The molecule has 4 nitrogen and oxygen atoms in total. The lowest BCUT2D eigenvalue weighted by Gasteiger charge is -2.07. The normalized spacial score (nSPS) is 10.7. The molecule has 0 aliphatic heterocycles. The Labute approximate surface area is 135 Å². The molecule has 118 valence electrons. The van der Waals surface area contributed by atoms with Crippen molar-refractivity contribution in [1.29, 1.82) is 0 Å². The molecule has 23 heavy (non-hydrogen) atoms. The first kappa shape index (κ1) is 15.2. The van der Waals surface area contributed by atoms with Gasteiger partial charge in [0.15, 0.2) is 0 Å².